The van der Waals surface area contributed by atoms with Gasteiger partial charge in [0.1, 0.15) is 0 Å². The molecular formula is C21H38N2O4. The summed E-state index contributed by atoms with van der Waals surface area (Å²) in [5.74, 6) is 0.975. The lowest BCUT2D eigenvalue weighted by molar-refractivity contribution is -0.111. The van der Waals surface area contributed by atoms with Crippen molar-refractivity contribution in [1.82, 2.24) is 10.6 Å². The summed E-state index contributed by atoms with van der Waals surface area (Å²) in [6.45, 7) is 11.3. The quantitative estimate of drug-likeness (QED) is 0.445. The summed E-state index contributed by atoms with van der Waals surface area (Å²) >= 11 is 0. The molecule has 0 aromatic rings. The number of alkyl carbamates (subject to hydrolysis) is 1. The lowest BCUT2D eigenvalue weighted by atomic mass is 9.85. The number of rotatable bonds is 10. The number of hydrogen-bond donors (Lipinski definition) is 2. The van der Waals surface area contributed by atoms with E-state index < -0.39 is 5.60 Å². The first-order valence-corrected chi connectivity index (χ1v) is 10.1. The molecule has 0 aromatic heterocycles. The number of hydrogen-bond acceptors (Lipinski definition) is 4. The van der Waals surface area contributed by atoms with Gasteiger partial charge >= 0.3 is 6.09 Å². The standard InChI is InChI=1S/C21H38N2O4/c1-17-10-8-6-7-9-11-18(17)14-26-19(25)22-15-21(4,5)27-13-12-20(2,3)23-16-24/h6-7,16-18H,8-15H2,1-5H3,(H,22,25)(H,23,24)/b7-6-. The van der Waals surface area contributed by atoms with Crippen LogP contribution in [0.5, 0.6) is 0 Å². The van der Waals surface area contributed by atoms with Gasteiger partial charge in [-0.1, -0.05) is 19.1 Å². The van der Waals surface area contributed by atoms with Crippen molar-refractivity contribution >= 4 is 12.5 Å². The highest BCUT2D eigenvalue weighted by Crippen LogP contribution is 2.25. The molecule has 156 valence electrons. The average molecular weight is 383 g/mol. The Hall–Kier alpha value is -1.56. The second-order valence-corrected chi connectivity index (χ2v) is 8.82. The Labute approximate surface area is 164 Å². The van der Waals surface area contributed by atoms with E-state index >= 15 is 0 Å². The first kappa shape index (κ1) is 23.5. The molecule has 27 heavy (non-hydrogen) atoms. The van der Waals surface area contributed by atoms with Crippen LogP contribution in [0.15, 0.2) is 12.2 Å². The third kappa shape index (κ3) is 10.4. The van der Waals surface area contributed by atoms with Gasteiger partial charge in [0.2, 0.25) is 6.41 Å². The predicted molar refractivity (Wildman–Crippen MR) is 108 cm³/mol. The van der Waals surface area contributed by atoms with Gasteiger partial charge in [0.15, 0.2) is 0 Å². The minimum Gasteiger partial charge on any atom is -0.449 e. The van der Waals surface area contributed by atoms with Gasteiger partial charge in [0.25, 0.3) is 0 Å². The van der Waals surface area contributed by atoms with E-state index in [0.717, 1.165) is 25.7 Å². The first-order chi connectivity index (χ1) is 12.7. The fourth-order valence-corrected chi connectivity index (χ4v) is 3.06. The molecule has 0 spiro atoms. The summed E-state index contributed by atoms with van der Waals surface area (Å²) in [6.07, 6.45) is 9.84. The number of allylic oxidation sites excluding steroid dienone is 2. The zero-order valence-corrected chi connectivity index (χ0v) is 17.7. The van der Waals surface area contributed by atoms with Crippen LogP contribution in [-0.4, -0.2) is 43.4 Å². The third-order valence-corrected chi connectivity index (χ3v) is 5.22. The van der Waals surface area contributed by atoms with Gasteiger partial charge in [-0.25, -0.2) is 4.79 Å². The van der Waals surface area contributed by atoms with Crippen LogP contribution >= 0.6 is 0 Å². The first-order valence-electron chi connectivity index (χ1n) is 10.1. The van der Waals surface area contributed by atoms with E-state index in [-0.39, 0.29) is 11.6 Å². The molecule has 6 nitrogen and oxygen atoms in total. The van der Waals surface area contributed by atoms with E-state index in [1.165, 1.54) is 0 Å². The van der Waals surface area contributed by atoms with E-state index in [2.05, 4.69) is 29.7 Å². The van der Waals surface area contributed by atoms with Crippen LogP contribution in [0.25, 0.3) is 0 Å². The lowest BCUT2D eigenvalue weighted by Crippen LogP contribution is -2.43. The fourth-order valence-electron chi connectivity index (χ4n) is 3.06. The van der Waals surface area contributed by atoms with Crippen LogP contribution in [0.3, 0.4) is 0 Å². The Bertz CT molecular complexity index is 489. The van der Waals surface area contributed by atoms with Gasteiger partial charge in [-0.2, -0.15) is 0 Å². The maximum atomic E-state index is 12.1. The maximum Gasteiger partial charge on any atom is 0.407 e. The summed E-state index contributed by atoms with van der Waals surface area (Å²) in [4.78, 5) is 22.6. The second kappa shape index (κ2) is 11.3. The molecule has 2 unspecified atom stereocenters. The molecule has 2 amide bonds. The van der Waals surface area contributed by atoms with Gasteiger partial charge in [-0.05, 0) is 71.6 Å². The van der Waals surface area contributed by atoms with Gasteiger partial charge in [0.05, 0.1) is 12.2 Å². The summed E-state index contributed by atoms with van der Waals surface area (Å²) in [5.41, 5.74) is -0.817. The molecule has 1 rings (SSSR count). The van der Waals surface area contributed by atoms with E-state index in [1.54, 1.807) is 0 Å². The molecule has 0 aliphatic heterocycles. The number of amides is 2. The Kier molecular flexibility index (Phi) is 9.84. The minimum atomic E-state index is -0.505. The summed E-state index contributed by atoms with van der Waals surface area (Å²) in [5, 5.41) is 5.57. The Morgan fingerprint density at radius 1 is 1.19 bits per heavy atom. The van der Waals surface area contributed by atoms with Crippen molar-refractivity contribution in [2.75, 3.05) is 19.8 Å². The topological polar surface area (TPSA) is 76.7 Å². The van der Waals surface area contributed by atoms with Gasteiger partial charge < -0.3 is 20.1 Å². The van der Waals surface area contributed by atoms with Gasteiger partial charge in [-0.15, -0.1) is 0 Å². The molecule has 0 heterocycles. The van der Waals surface area contributed by atoms with E-state index in [1.807, 2.05) is 27.7 Å². The molecule has 1 aliphatic rings. The normalized spacial score (nSPS) is 22.3. The maximum absolute atomic E-state index is 12.1. The van der Waals surface area contributed by atoms with Crippen LogP contribution < -0.4 is 10.6 Å². The molecule has 0 aromatic carbocycles. The molecule has 6 heteroatoms. The van der Waals surface area contributed by atoms with Crippen molar-refractivity contribution in [3.8, 4) is 0 Å². The molecule has 2 N–H and O–H groups in total. The van der Waals surface area contributed by atoms with Crippen molar-refractivity contribution in [2.24, 2.45) is 11.8 Å². The third-order valence-electron chi connectivity index (χ3n) is 5.22. The second-order valence-electron chi connectivity index (χ2n) is 8.82. The summed E-state index contributed by atoms with van der Waals surface area (Å²) in [6, 6.07) is 0. The Morgan fingerprint density at radius 2 is 1.85 bits per heavy atom. The van der Waals surface area contributed by atoms with Gasteiger partial charge in [0, 0.05) is 18.7 Å². The van der Waals surface area contributed by atoms with Gasteiger partial charge in [-0.3, -0.25) is 4.79 Å². The number of nitrogens with one attached hydrogen (secondary N) is 2. The SMILES string of the molecule is CC1CC/C=C\CCC1COC(=O)NCC(C)(C)OCCC(C)(C)NC=O. The van der Waals surface area contributed by atoms with E-state index in [4.69, 9.17) is 9.47 Å². The monoisotopic (exact) mass is 382 g/mol. The molecule has 0 fully saturated rings. The molecule has 0 radical (unpaired) electrons. The molecule has 0 bridgehead atoms. The van der Waals surface area contributed by atoms with Crippen molar-refractivity contribution in [2.45, 2.75) is 77.9 Å². The van der Waals surface area contributed by atoms with Crippen molar-refractivity contribution < 1.29 is 19.1 Å². The van der Waals surface area contributed by atoms with Crippen molar-refractivity contribution in [3.05, 3.63) is 12.2 Å². The molecular weight excluding hydrogens is 344 g/mol. The number of ether oxygens (including phenoxy) is 2. The highest BCUT2D eigenvalue weighted by atomic mass is 16.5. The molecule has 0 saturated heterocycles. The highest BCUT2D eigenvalue weighted by molar-refractivity contribution is 5.67. The van der Waals surface area contributed by atoms with Crippen molar-refractivity contribution in [3.63, 3.8) is 0 Å². The van der Waals surface area contributed by atoms with Crippen LogP contribution in [0, 0.1) is 11.8 Å². The Balaban J connectivity index is 2.29. The highest BCUT2D eigenvalue weighted by Gasteiger charge is 2.24. The molecule has 1 aliphatic carbocycles. The zero-order chi connectivity index (χ0) is 20.3. The smallest absolute Gasteiger partial charge is 0.407 e. The van der Waals surface area contributed by atoms with E-state index in [9.17, 15) is 9.59 Å². The van der Waals surface area contributed by atoms with Crippen LogP contribution in [0.1, 0.15) is 66.7 Å². The van der Waals surface area contributed by atoms with Crippen LogP contribution in [0.4, 0.5) is 4.79 Å². The van der Waals surface area contributed by atoms with Crippen LogP contribution in [-0.2, 0) is 14.3 Å². The molecule has 2 atom stereocenters. The number of carbonyl (C=O) groups is 2. The Morgan fingerprint density at radius 3 is 2.52 bits per heavy atom. The largest absolute Gasteiger partial charge is 0.449 e. The summed E-state index contributed by atoms with van der Waals surface area (Å²) < 4.78 is 11.3. The number of carbonyl (C=O) groups excluding carboxylic acids is 2. The average Bonchev–Trinajstić information content (AvgIpc) is 2.55. The van der Waals surface area contributed by atoms with E-state index in [0.29, 0.717) is 44.4 Å². The lowest BCUT2D eigenvalue weighted by Gasteiger charge is -2.29. The minimum absolute atomic E-state index is 0.312. The zero-order valence-electron chi connectivity index (χ0n) is 17.7. The van der Waals surface area contributed by atoms with Crippen molar-refractivity contribution in [1.29, 1.82) is 0 Å². The molecule has 0 saturated carbocycles. The predicted octanol–water partition coefficient (Wildman–Crippen LogP) is 3.81. The van der Waals surface area contributed by atoms with Crippen LogP contribution in [0.2, 0.25) is 0 Å². The fraction of sp³-hybridized carbons (Fsp3) is 0.810. The summed E-state index contributed by atoms with van der Waals surface area (Å²) in [7, 11) is 0.